The maximum absolute atomic E-state index is 12.1. The minimum atomic E-state index is 0.0347. The van der Waals surface area contributed by atoms with E-state index in [0.29, 0.717) is 29.2 Å². The molecular weight excluding hydrogens is 392 g/mol. The van der Waals surface area contributed by atoms with E-state index in [9.17, 15) is 10.1 Å². The van der Waals surface area contributed by atoms with Gasteiger partial charge in [0.25, 0.3) is 0 Å². The van der Waals surface area contributed by atoms with Crippen LogP contribution in [0.25, 0.3) is 16.6 Å². The van der Waals surface area contributed by atoms with Crippen LogP contribution in [0.1, 0.15) is 31.4 Å². The maximum atomic E-state index is 12.1. The lowest BCUT2D eigenvalue weighted by Gasteiger charge is -2.24. The third-order valence-electron chi connectivity index (χ3n) is 6.53. The molecule has 0 aromatic carbocycles. The summed E-state index contributed by atoms with van der Waals surface area (Å²) in [5, 5.41) is 20.2. The lowest BCUT2D eigenvalue weighted by Crippen LogP contribution is -2.35. The average molecular weight is 414 g/mol. The van der Waals surface area contributed by atoms with E-state index < -0.39 is 0 Å². The number of pyridine rings is 2. The summed E-state index contributed by atoms with van der Waals surface area (Å²) in [6, 6.07) is 10.2. The summed E-state index contributed by atoms with van der Waals surface area (Å²) in [4.78, 5) is 16.3. The van der Waals surface area contributed by atoms with Crippen molar-refractivity contribution in [3.8, 4) is 22.9 Å². The summed E-state index contributed by atoms with van der Waals surface area (Å²) in [6.07, 6.45) is 7.74. The summed E-state index contributed by atoms with van der Waals surface area (Å²) < 4.78 is 8.14. The number of nitrogens with zero attached hydrogens (tertiary/aromatic N) is 4. The van der Waals surface area contributed by atoms with Gasteiger partial charge in [0, 0.05) is 42.2 Å². The first-order valence-electron chi connectivity index (χ1n) is 10.8. The Balaban J connectivity index is 1.33. The normalized spacial score (nSPS) is 24.3. The van der Waals surface area contributed by atoms with Gasteiger partial charge >= 0.3 is 0 Å². The smallest absolute Gasteiger partial charge is 0.228 e. The van der Waals surface area contributed by atoms with Crippen molar-refractivity contribution in [3.05, 3.63) is 42.4 Å². The van der Waals surface area contributed by atoms with Gasteiger partial charge in [-0.3, -0.25) is 4.79 Å². The SMILES string of the molecule is N#Cc1cc(-c2ccn3nc(NC(=O)C4CC4)cc3c2)c(O[C@@H]2C[C@@H]3C[C@H]2CN3)cn1. The molecule has 2 saturated carbocycles. The van der Waals surface area contributed by atoms with Crippen LogP contribution < -0.4 is 15.4 Å². The van der Waals surface area contributed by atoms with Gasteiger partial charge in [0.2, 0.25) is 5.91 Å². The van der Waals surface area contributed by atoms with E-state index in [2.05, 4.69) is 26.8 Å². The van der Waals surface area contributed by atoms with Crippen LogP contribution in [0.15, 0.2) is 36.7 Å². The molecule has 2 bridgehead atoms. The second-order valence-electron chi connectivity index (χ2n) is 8.75. The molecule has 1 aliphatic heterocycles. The van der Waals surface area contributed by atoms with E-state index in [1.165, 1.54) is 0 Å². The molecule has 0 spiro atoms. The van der Waals surface area contributed by atoms with Gasteiger partial charge in [0.05, 0.1) is 11.7 Å². The van der Waals surface area contributed by atoms with Crippen LogP contribution in [0.5, 0.6) is 5.75 Å². The molecule has 0 radical (unpaired) electrons. The molecule has 31 heavy (non-hydrogen) atoms. The van der Waals surface area contributed by atoms with Crippen LogP contribution in [0.2, 0.25) is 0 Å². The minimum Gasteiger partial charge on any atom is -0.488 e. The van der Waals surface area contributed by atoms with Gasteiger partial charge in [-0.05, 0) is 49.4 Å². The van der Waals surface area contributed by atoms with E-state index >= 15 is 0 Å². The van der Waals surface area contributed by atoms with Crippen LogP contribution in [0.3, 0.4) is 0 Å². The Bertz CT molecular complexity index is 1220. The molecule has 4 heterocycles. The highest BCUT2D eigenvalue weighted by molar-refractivity contribution is 5.93. The highest BCUT2D eigenvalue weighted by Gasteiger charge is 2.41. The van der Waals surface area contributed by atoms with E-state index in [1.54, 1.807) is 16.8 Å². The lowest BCUT2D eigenvalue weighted by molar-refractivity contribution is -0.117. The first-order chi connectivity index (χ1) is 15.2. The molecule has 0 unspecified atom stereocenters. The summed E-state index contributed by atoms with van der Waals surface area (Å²) in [7, 11) is 0. The van der Waals surface area contributed by atoms with Crippen molar-refractivity contribution in [3.63, 3.8) is 0 Å². The van der Waals surface area contributed by atoms with Gasteiger partial charge in [-0.2, -0.15) is 10.4 Å². The van der Waals surface area contributed by atoms with Gasteiger partial charge in [0.1, 0.15) is 23.6 Å². The Labute approximate surface area is 179 Å². The molecule has 2 N–H and O–H groups in total. The predicted molar refractivity (Wildman–Crippen MR) is 113 cm³/mol. The molecule has 3 aliphatic rings. The summed E-state index contributed by atoms with van der Waals surface area (Å²) in [5.41, 5.74) is 2.97. The molecule has 1 saturated heterocycles. The lowest BCUT2D eigenvalue weighted by atomic mass is 10.0. The van der Waals surface area contributed by atoms with Gasteiger partial charge in [-0.25, -0.2) is 9.50 Å². The number of piperidine rings is 1. The van der Waals surface area contributed by atoms with Crippen molar-refractivity contribution < 1.29 is 9.53 Å². The van der Waals surface area contributed by atoms with Crippen molar-refractivity contribution in [1.82, 2.24) is 19.9 Å². The second-order valence-corrected chi connectivity index (χ2v) is 8.75. The fourth-order valence-corrected chi connectivity index (χ4v) is 4.71. The largest absolute Gasteiger partial charge is 0.488 e. The number of rotatable bonds is 5. The van der Waals surface area contributed by atoms with E-state index in [-0.39, 0.29) is 17.9 Å². The Hall–Kier alpha value is -3.44. The monoisotopic (exact) mass is 414 g/mol. The van der Waals surface area contributed by atoms with Gasteiger partial charge in [0.15, 0.2) is 5.82 Å². The highest BCUT2D eigenvalue weighted by atomic mass is 16.5. The Morgan fingerprint density at radius 1 is 1.29 bits per heavy atom. The summed E-state index contributed by atoms with van der Waals surface area (Å²) in [5.74, 6) is 1.92. The number of anilines is 1. The number of carbonyl (C=O) groups excluding carboxylic acids is 1. The van der Waals surface area contributed by atoms with Crippen molar-refractivity contribution >= 4 is 17.2 Å². The summed E-state index contributed by atoms with van der Waals surface area (Å²) in [6.45, 7) is 0.992. The number of ether oxygens (including phenoxy) is 1. The zero-order chi connectivity index (χ0) is 20.9. The van der Waals surface area contributed by atoms with Crippen molar-refractivity contribution in [2.24, 2.45) is 11.8 Å². The van der Waals surface area contributed by atoms with Crippen molar-refractivity contribution in [2.45, 2.75) is 37.8 Å². The molecule has 1 amide bonds. The minimum absolute atomic E-state index is 0.0347. The van der Waals surface area contributed by atoms with E-state index in [0.717, 1.165) is 48.9 Å². The van der Waals surface area contributed by atoms with Crippen molar-refractivity contribution in [1.29, 1.82) is 5.26 Å². The standard InChI is InChI=1S/C23H22N6O2/c24-10-17-7-19(21(12-26-17)31-20-8-16-5-15(20)11-25-16)14-3-4-29-18(6-14)9-22(28-29)27-23(30)13-1-2-13/h3-4,6-7,9,12-13,15-16,20,25H,1-2,5,8,11H2,(H,27,28,30)/t15-,16-,20+/m0/s1. The fraction of sp³-hybridized carbons (Fsp3) is 0.391. The Morgan fingerprint density at radius 2 is 2.19 bits per heavy atom. The van der Waals surface area contributed by atoms with Gasteiger partial charge < -0.3 is 15.4 Å². The van der Waals surface area contributed by atoms with Gasteiger partial charge in [-0.15, -0.1) is 0 Å². The molecular formula is C23H22N6O2. The van der Waals surface area contributed by atoms with E-state index in [1.807, 2.05) is 24.4 Å². The maximum Gasteiger partial charge on any atom is 0.228 e. The molecule has 3 aromatic heterocycles. The first-order valence-corrected chi connectivity index (χ1v) is 10.8. The molecule has 6 rings (SSSR count). The van der Waals surface area contributed by atoms with Crippen LogP contribution in [-0.4, -0.2) is 39.2 Å². The third kappa shape index (κ3) is 3.41. The predicted octanol–water partition coefficient (Wildman–Crippen LogP) is 2.75. The quantitative estimate of drug-likeness (QED) is 0.665. The highest BCUT2D eigenvalue weighted by Crippen LogP contribution is 2.38. The molecule has 3 aromatic rings. The number of nitrogens with one attached hydrogen (secondary N) is 2. The number of carbonyl (C=O) groups is 1. The topological polar surface area (TPSA) is 104 Å². The van der Waals surface area contributed by atoms with Crippen LogP contribution in [-0.2, 0) is 4.79 Å². The molecule has 8 heteroatoms. The van der Waals surface area contributed by atoms with Crippen LogP contribution in [0.4, 0.5) is 5.82 Å². The zero-order valence-corrected chi connectivity index (χ0v) is 16.9. The number of hydrogen-bond donors (Lipinski definition) is 2. The Kier molecular flexibility index (Phi) is 4.18. The fourth-order valence-electron chi connectivity index (χ4n) is 4.71. The van der Waals surface area contributed by atoms with Crippen LogP contribution in [0, 0.1) is 23.2 Å². The van der Waals surface area contributed by atoms with Crippen LogP contribution >= 0.6 is 0 Å². The second kappa shape index (κ2) is 7.06. The Morgan fingerprint density at radius 3 is 2.94 bits per heavy atom. The van der Waals surface area contributed by atoms with Crippen molar-refractivity contribution in [2.75, 3.05) is 11.9 Å². The molecule has 3 atom stereocenters. The number of hydrogen-bond acceptors (Lipinski definition) is 6. The molecule has 156 valence electrons. The zero-order valence-electron chi connectivity index (χ0n) is 16.9. The molecule has 3 fully saturated rings. The first kappa shape index (κ1) is 18.3. The molecule has 8 nitrogen and oxygen atoms in total. The number of fused-ring (bicyclic) bond motifs is 3. The molecule has 2 aliphatic carbocycles. The third-order valence-corrected chi connectivity index (χ3v) is 6.53. The number of nitriles is 1. The number of amides is 1. The van der Waals surface area contributed by atoms with Gasteiger partial charge in [-0.1, -0.05) is 0 Å². The summed E-state index contributed by atoms with van der Waals surface area (Å²) >= 11 is 0. The number of aromatic nitrogens is 3. The van der Waals surface area contributed by atoms with E-state index in [4.69, 9.17) is 4.74 Å². The average Bonchev–Trinajstić information content (AvgIpc) is 3.24.